The summed E-state index contributed by atoms with van der Waals surface area (Å²) in [6.07, 6.45) is -0.278. The lowest BCUT2D eigenvalue weighted by Gasteiger charge is -2.37. The number of benzene rings is 1. The fourth-order valence-corrected chi connectivity index (χ4v) is 5.41. The Balaban J connectivity index is 1.51. The summed E-state index contributed by atoms with van der Waals surface area (Å²) < 4.78 is 9.98. The number of alkyl carbamates (subject to hydrolysis) is 1. The number of nitrogens with zero attached hydrogens (tertiary/aromatic N) is 2. The number of hydrogen-bond acceptors (Lipinski definition) is 8. The van der Waals surface area contributed by atoms with Crippen molar-refractivity contribution in [3.63, 3.8) is 0 Å². The van der Waals surface area contributed by atoms with Gasteiger partial charge in [0.2, 0.25) is 17.7 Å². The maximum Gasteiger partial charge on any atom is 0.407 e. The average Bonchev–Trinajstić information content (AvgIpc) is 2.94. The molecule has 0 radical (unpaired) electrons. The number of morpholine rings is 1. The normalized spacial score (nSPS) is 19.4. The van der Waals surface area contributed by atoms with Gasteiger partial charge in [0, 0.05) is 43.7 Å². The van der Waals surface area contributed by atoms with Gasteiger partial charge in [-0.05, 0) is 36.3 Å². The van der Waals surface area contributed by atoms with E-state index in [1.54, 1.807) is 16.7 Å². The number of aliphatic hydroxyl groups excluding tert-OH is 1. The number of rotatable bonds is 11. The van der Waals surface area contributed by atoms with Crippen molar-refractivity contribution >= 4 is 29.5 Å². The number of carbonyl (C=O) groups excluding carboxylic acids is 4. The molecule has 4 unspecified atom stereocenters. The number of fused-ring (bicyclic) bond motifs is 1. The predicted octanol–water partition coefficient (Wildman–Crippen LogP) is 0.796. The molecular formula is C29H45N5O7. The number of amides is 4. The van der Waals surface area contributed by atoms with Gasteiger partial charge in [-0.2, -0.15) is 0 Å². The first-order chi connectivity index (χ1) is 19.4. The lowest BCUT2D eigenvalue weighted by atomic mass is 9.79. The molecule has 5 N–H and O–H groups in total. The zero-order valence-corrected chi connectivity index (χ0v) is 24.6. The lowest BCUT2D eigenvalue weighted by Crippen LogP contribution is -2.51. The fraction of sp³-hybridized carbons (Fsp3) is 0.655. The average molecular weight is 576 g/mol. The molecule has 4 amide bonds. The number of aliphatic hydroxyl groups is 1. The van der Waals surface area contributed by atoms with E-state index in [2.05, 4.69) is 10.6 Å². The van der Waals surface area contributed by atoms with Crippen LogP contribution in [0, 0.1) is 11.3 Å². The van der Waals surface area contributed by atoms with Crippen molar-refractivity contribution in [3.05, 3.63) is 29.8 Å². The van der Waals surface area contributed by atoms with Crippen LogP contribution in [-0.4, -0.2) is 98.5 Å². The summed E-state index contributed by atoms with van der Waals surface area (Å²) in [5, 5.41) is 16.2. The number of methoxy groups -OCH3 is 1. The van der Waals surface area contributed by atoms with Gasteiger partial charge in [-0.25, -0.2) is 4.79 Å². The zero-order chi connectivity index (χ0) is 30.2. The molecule has 2 aliphatic rings. The van der Waals surface area contributed by atoms with E-state index in [0.717, 1.165) is 11.3 Å². The molecule has 1 aromatic rings. The Bertz CT molecular complexity index is 1080. The second-order valence-electron chi connectivity index (χ2n) is 11.8. The number of carbonyl (C=O) groups is 4. The summed E-state index contributed by atoms with van der Waals surface area (Å²) in [7, 11) is 1.30. The third-order valence-electron chi connectivity index (χ3n) is 7.69. The van der Waals surface area contributed by atoms with Gasteiger partial charge in [-0.15, -0.1) is 0 Å². The Morgan fingerprint density at radius 2 is 1.85 bits per heavy atom. The molecule has 0 spiro atoms. The third-order valence-corrected chi connectivity index (χ3v) is 7.69. The summed E-state index contributed by atoms with van der Waals surface area (Å²) in [6, 6.07) is 6.66. The van der Waals surface area contributed by atoms with Crippen molar-refractivity contribution in [2.24, 2.45) is 17.1 Å². The third kappa shape index (κ3) is 9.40. The summed E-state index contributed by atoms with van der Waals surface area (Å²) in [5.41, 5.74) is 7.57. The van der Waals surface area contributed by atoms with E-state index < -0.39 is 29.6 Å². The van der Waals surface area contributed by atoms with E-state index in [-0.39, 0.29) is 43.1 Å². The van der Waals surface area contributed by atoms with Crippen LogP contribution in [-0.2, 0) is 30.3 Å². The number of anilines is 1. The number of nitrogens with two attached hydrogens (primary N) is 1. The number of nitrogens with one attached hydrogen (secondary N) is 2. The minimum Gasteiger partial charge on any atom is -0.453 e. The van der Waals surface area contributed by atoms with Crippen molar-refractivity contribution in [3.8, 4) is 0 Å². The van der Waals surface area contributed by atoms with E-state index in [0.29, 0.717) is 45.7 Å². The number of para-hydroxylation sites is 1. The molecule has 1 aromatic carbocycles. The Morgan fingerprint density at radius 3 is 2.54 bits per heavy atom. The highest BCUT2D eigenvalue weighted by atomic mass is 16.5. The van der Waals surface area contributed by atoms with Crippen molar-refractivity contribution in [1.82, 2.24) is 15.5 Å². The van der Waals surface area contributed by atoms with Crippen molar-refractivity contribution in [2.45, 2.75) is 64.6 Å². The van der Waals surface area contributed by atoms with Gasteiger partial charge in [-0.1, -0.05) is 39.0 Å². The van der Waals surface area contributed by atoms with Crippen molar-refractivity contribution in [1.29, 1.82) is 0 Å². The first kappa shape index (κ1) is 32.3. The van der Waals surface area contributed by atoms with Crippen LogP contribution in [0.5, 0.6) is 0 Å². The second-order valence-corrected chi connectivity index (χ2v) is 11.8. The Kier molecular flexibility index (Phi) is 11.5. The van der Waals surface area contributed by atoms with Crippen LogP contribution in [0.3, 0.4) is 0 Å². The lowest BCUT2D eigenvalue weighted by molar-refractivity contribution is -0.137. The van der Waals surface area contributed by atoms with Gasteiger partial charge < -0.3 is 40.7 Å². The second kappa shape index (κ2) is 14.6. The molecule has 2 heterocycles. The molecule has 4 atom stereocenters. The minimum absolute atomic E-state index is 0.101. The summed E-state index contributed by atoms with van der Waals surface area (Å²) in [6.45, 7) is 7.73. The smallest absolute Gasteiger partial charge is 0.407 e. The maximum atomic E-state index is 13.5. The van der Waals surface area contributed by atoms with Gasteiger partial charge in [0.25, 0.3) is 0 Å². The first-order valence-corrected chi connectivity index (χ1v) is 14.2. The van der Waals surface area contributed by atoms with Crippen LogP contribution in [0.2, 0.25) is 0 Å². The molecule has 0 saturated carbocycles. The van der Waals surface area contributed by atoms with Gasteiger partial charge in [0.1, 0.15) is 0 Å². The van der Waals surface area contributed by atoms with E-state index in [4.69, 9.17) is 15.2 Å². The van der Waals surface area contributed by atoms with E-state index in [1.807, 2.05) is 38.1 Å². The molecule has 41 heavy (non-hydrogen) atoms. The van der Waals surface area contributed by atoms with Gasteiger partial charge in [-0.3, -0.25) is 14.4 Å². The molecular weight excluding hydrogens is 530 g/mol. The van der Waals surface area contributed by atoms with Crippen molar-refractivity contribution in [2.75, 3.05) is 51.4 Å². The maximum absolute atomic E-state index is 13.5. The quantitative estimate of drug-likeness (QED) is 0.301. The minimum atomic E-state index is -0.968. The van der Waals surface area contributed by atoms with Gasteiger partial charge in [0.15, 0.2) is 0 Å². The van der Waals surface area contributed by atoms with E-state index in [9.17, 15) is 24.3 Å². The molecule has 1 saturated heterocycles. The van der Waals surface area contributed by atoms with E-state index >= 15 is 0 Å². The summed E-state index contributed by atoms with van der Waals surface area (Å²) in [4.78, 5) is 53.5. The molecule has 228 valence electrons. The molecule has 1 fully saturated rings. The van der Waals surface area contributed by atoms with E-state index in [1.165, 1.54) is 7.11 Å². The highest BCUT2D eigenvalue weighted by Gasteiger charge is 2.34. The van der Waals surface area contributed by atoms with Gasteiger partial charge >= 0.3 is 6.09 Å². The monoisotopic (exact) mass is 575 g/mol. The first-order valence-electron chi connectivity index (χ1n) is 14.2. The Hall–Kier alpha value is -3.22. The molecule has 0 bridgehead atoms. The van der Waals surface area contributed by atoms with Crippen LogP contribution in [0.4, 0.5) is 10.5 Å². The molecule has 2 aliphatic heterocycles. The zero-order valence-electron chi connectivity index (χ0n) is 24.6. The van der Waals surface area contributed by atoms with Crippen LogP contribution in [0.1, 0.15) is 45.6 Å². The van der Waals surface area contributed by atoms with Crippen LogP contribution >= 0.6 is 0 Å². The van der Waals surface area contributed by atoms with Crippen LogP contribution in [0.15, 0.2) is 24.3 Å². The van der Waals surface area contributed by atoms with Crippen LogP contribution in [0.25, 0.3) is 0 Å². The fourth-order valence-electron chi connectivity index (χ4n) is 5.41. The highest BCUT2D eigenvalue weighted by molar-refractivity contribution is 5.95. The molecule has 12 nitrogen and oxygen atoms in total. The summed E-state index contributed by atoms with van der Waals surface area (Å²) in [5.74, 6) is -1.16. The predicted molar refractivity (Wildman–Crippen MR) is 153 cm³/mol. The standard InChI is InChI=1S/C29H45N5O7/c1-19(27(38)31-17-26(37)33-9-11-41-12-10-33)13-24(35)22(30)15-29(2,3)16-25(36)34-18-21(32-28(39)40-4)14-20-7-5-6-8-23(20)34/h5-8,19,21-22,24,35H,9-18,30H2,1-4H3,(H,31,38)(H,32,39). The SMILES string of the molecule is COC(=O)NC1Cc2ccccc2N(C(=O)CC(C)(C)CC(N)C(O)CC(C)C(=O)NCC(=O)N2CCOCC2)C1. The van der Waals surface area contributed by atoms with Crippen LogP contribution < -0.4 is 21.3 Å². The summed E-state index contributed by atoms with van der Waals surface area (Å²) >= 11 is 0. The number of hydrogen-bond donors (Lipinski definition) is 4. The highest BCUT2D eigenvalue weighted by Crippen LogP contribution is 2.33. The molecule has 3 rings (SSSR count). The Morgan fingerprint density at radius 1 is 1.17 bits per heavy atom. The Labute approximate surface area is 241 Å². The number of ether oxygens (including phenoxy) is 2. The molecule has 12 heteroatoms. The van der Waals surface area contributed by atoms with Gasteiger partial charge in [0.05, 0.1) is 39.0 Å². The molecule has 0 aromatic heterocycles. The van der Waals surface area contributed by atoms with Crippen molar-refractivity contribution < 1.29 is 33.8 Å². The topological polar surface area (TPSA) is 164 Å². The molecule has 0 aliphatic carbocycles. The largest absolute Gasteiger partial charge is 0.453 e.